The molecular weight excluding hydrogens is 294 g/mol. The van der Waals surface area contributed by atoms with E-state index in [0.717, 1.165) is 11.1 Å². The van der Waals surface area contributed by atoms with E-state index in [9.17, 15) is 0 Å². The summed E-state index contributed by atoms with van der Waals surface area (Å²) in [6.07, 6.45) is 0. The minimum Gasteiger partial charge on any atom is -0.383 e. The van der Waals surface area contributed by atoms with Gasteiger partial charge in [-0.05, 0) is 99.2 Å². The van der Waals surface area contributed by atoms with Crippen molar-refractivity contribution in [2.75, 3.05) is 7.05 Å². The van der Waals surface area contributed by atoms with Crippen molar-refractivity contribution in [1.29, 1.82) is 0 Å². The molecule has 0 fully saturated rings. The highest BCUT2D eigenvalue weighted by atomic mass is 14.9. The Morgan fingerprint density at radius 3 is 1.46 bits per heavy atom. The maximum absolute atomic E-state index is 6.27. The number of hydrogen-bond acceptors (Lipinski definition) is 1. The molecule has 2 N–H and O–H groups in total. The molecule has 0 aromatic heterocycles. The van der Waals surface area contributed by atoms with E-state index in [2.05, 4.69) is 75.8 Å². The minimum absolute atomic E-state index is 0.498. The van der Waals surface area contributed by atoms with E-state index in [1.165, 1.54) is 33.4 Å². The van der Waals surface area contributed by atoms with Gasteiger partial charge in [-0.25, -0.2) is 4.99 Å². The molecule has 0 aliphatic heterocycles. The Balaban J connectivity index is 2.48. The van der Waals surface area contributed by atoms with E-state index >= 15 is 0 Å². The molecule has 0 unspecified atom stereocenters. The van der Waals surface area contributed by atoms with Crippen molar-refractivity contribution in [2.24, 2.45) is 15.7 Å². The fraction of sp³-hybridized carbons (Fsp3) is 0.333. The van der Waals surface area contributed by atoms with Crippen molar-refractivity contribution >= 4 is 11.7 Å². The standard InChI is InChI=1S/C21H27N3/c1-12-8-18(9-13(2)16(12)5)20(22)24-21(23-7)19-10-14(3)17(6)15(4)11-19/h8-11H,1-7H3,(H2,22,23,24). The number of aryl methyl sites for hydroxylation is 4. The molecule has 2 aromatic rings. The normalized spacial score (nSPS) is 12.6. The average molecular weight is 321 g/mol. The van der Waals surface area contributed by atoms with E-state index < -0.39 is 0 Å². The molecule has 2 aromatic carbocycles. The fourth-order valence-electron chi connectivity index (χ4n) is 2.77. The summed E-state index contributed by atoms with van der Waals surface area (Å²) >= 11 is 0. The lowest BCUT2D eigenvalue weighted by atomic mass is 9.99. The van der Waals surface area contributed by atoms with E-state index in [-0.39, 0.29) is 0 Å². The number of nitrogens with two attached hydrogens (primary N) is 1. The molecule has 0 heterocycles. The second kappa shape index (κ2) is 7.00. The number of benzene rings is 2. The van der Waals surface area contributed by atoms with Gasteiger partial charge in [0.15, 0.2) is 5.84 Å². The second-order valence-corrected chi connectivity index (χ2v) is 6.51. The highest BCUT2D eigenvalue weighted by Gasteiger charge is 2.09. The van der Waals surface area contributed by atoms with Crippen LogP contribution < -0.4 is 5.73 Å². The van der Waals surface area contributed by atoms with Gasteiger partial charge in [0.2, 0.25) is 0 Å². The maximum Gasteiger partial charge on any atom is 0.156 e. The van der Waals surface area contributed by atoms with Crippen LogP contribution in [0.25, 0.3) is 0 Å². The monoisotopic (exact) mass is 321 g/mol. The summed E-state index contributed by atoms with van der Waals surface area (Å²) in [5.41, 5.74) is 15.7. The van der Waals surface area contributed by atoms with Crippen LogP contribution in [0.3, 0.4) is 0 Å². The van der Waals surface area contributed by atoms with Gasteiger partial charge in [-0.3, -0.25) is 4.99 Å². The summed E-state index contributed by atoms with van der Waals surface area (Å²) < 4.78 is 0. The summed E-state index contributed by atoms with van der Waals surface area (Å²) in [7, 11) is 1.75. The van der Waals surface area contributed by atoms with Gasteiger partial charge in [-0.15, -0.1) is 0 Å². The largest absolute Gasteiger partial charge is 0.383 e. The molecule has 0 saturated heterocycles. The zero-order chi connectivity index (χ0) is 18.0. The highest BCUT2D eigenvalue weighted by Crippen LogP contribution is 2.18. The Bertz CT molecular complexity index is 796. The Labute approximate surface area is 145 Å². The van der Waals surface area contributed by atoms with Gasteiger partial charge < -0.3 is 5.73 Å². The SMILES string of the molecule is CN=C(N=C(N)c1cc(C)c(C)c(C)c1)c1cc(C)c(C)c(C)c1. The lowest BCUT2D eigenvalue weighted by molar-refractivity contribution is 1.25. The molecule has 0 atom stereocenters. The number of rotatable bonds is 2. The first-order chi connectivity index (χ1) is 11.2. The van der Waals surface area contributed by atoms with Crippen LogP contribution in [0, 0.1) is 41.5 Å². The summed E-state index contributed by atoms with van der Waals surface area (Å²) in [4.78, 5) is 8.95. The smallest absolute Gasteiger partial charge is 0.156 e. The van der Waals surface area contributed by atoms with Crippen molar-refractivity contribution < 1.29 is 0 Å². The van der Waals surface area contributed by atoms with Gasteiger partial charge in [0.05, 0.1) is 0 Å². The third kappa shape index (κ3) is 3.56. The Hall–Kier alpha value is -2.42. The summed E-state index contributed by atoms with van der Waals surface area (Å²) in [6.45, 7) is 12.7. The Morgan fingerprint density at radius 2 is 1.08 bits per heavy atom. The van der Waals surface area contributed by atoms with Crippen LogP contribution in [0.2, 0.25) is 0 Å². The topological polar surface area (TPSA) is 50.7 Å². The van der Waals surface area contributed by atoms with Crippen molar-refractivity contribution in [3.8, 4) is 0 Å². The highest BCUT2D eigenvalue weighted by molar-refractivity contribution is 6.11. The molecule has 0 amide bonds. The lowest BCUT2D eigenvalue weighted by Gasteiger charge is -2.11. The lowest BCUT2D eigenvalue weighted by Crippen LogP contribution is -2.17. The minimum atomic E-state index is 0.498. The molecule has 24 heavy (non-hydrogen) atoms. The molecule has 2 rings (SSSR count). The predicted molar refractivity (Wildman–Crippen MR) is 104 cm³/mol. The molecule has 0 aliphatic rings. The molecule has 126 valence electrons. The molecule has 0 saturated carbocycles. The second-order valence-electron chi connectivity index (χ2n) is 6.51. The van der Waals surface area contributed by atoms with Crippen molar-refractivity contribution in [2.45, 2.75) is 41.5 Å². The van der Waals surface area contributed by atoms with Gasteiger partial charge >= 0.3 is 0 Å². The fourth-order valence-corrected chi connectivity index (χ4v) is 2.77. The van der Waals surface area contributed by atoms with Crippen LogP contribution in [0.1, 0.15) is 44.5 Å². The first kappa shape index (κ1) is 17.9. The summed E-state index contributed by atoms with van der Waals surface area (Å²) in [5.74, 6) is 1.16. The third-order valence-corrected chi connectivity index (χ3v) is 4.85. The first-order valence-electron chi connectivity index (χ1n) is 8.22. The molecule has 0 bridgehead atoms. The van der Waals surface area contributed by atoms with Crippen LogP contribution in [-0.2, 0) is 0 Å². The van der Waals surface area contributed by atoms with Crippen molar-refractivity contribution in [1.82, 2.24) is 0 Å². The Morgan fingerprint density at radius 1 is 0.708 bits per heavy atom. The maximum atomic E-state index is 6.27. The zero-order valence-corrected chi connectivity index (χ0v) is 15.8. The van der Waals surface area contributed by atoms with Gasteiger partial charge in [0.25, 0.3) is 0 Å². The van der Waals surface area contributed by atoms with Gasteiger partial charge in [0, 0.05) is 18.2 Å². The first-order valence-corrected chi connectivity index (χ1v) is 8.22. The zero-order valence-electron chi connectivity index (χ0n) is 15.8. The van der Waals surface area contributed by atoms with Crippen molar-refractivity contribution in [3.63, 3.8) is 0 Å². The van der Waals surface area contributed by atoms with Crippen LogP contribution in [0.15, 0.2) is 34.3 Å². The van der Waals surface area contributed by atoms with Gasteiger partial charge in [-0.2, -0.15) is 0 Å². The van der Waals surface area contributed by atoms with Gasteiger partial charge in [0.1, 0.15) is 5.84 Å². The van der Waals surface area contributed by atoms with E-state index in [1.807, 2.05) is 0 Å². The molecule has 0 radical (unpaired) electrons. The number of amidine groups is 2. The molecule has 3 heteroatoms. The number of hydrogen-bond donors (Lipinski definition) is 1. The van der Waals surface area contributed by atoms with Crippen LogP contribution in [-0.4, -0.2) is 18.7 Å². The van der Waals surface area contributed by atoms with Crippen LogP contribution in [0.4, 0.5) is 0 Å². The van der Waals surface area contributed by atoms with E-state index in [4.69, 9.17) is 5.73 Å². The van der Waals surface area contributed by atoms with E-state index in [1.54, 1.807) is 7.05 Å². The molecule has 0 aliphatic carbocycles. The molecular formula is C21H27N3. The van der Waals surface area contributed by atoms with Gasteiger partial charge in [-0.1, -0.05) is 0 Å². The third-order valence-electron chi connectivity index (χ3n) is 4.85. The summed E-state index contributed by atoms with van der Waals surface area (Å²) in [5, 5.41) is 0. The summed E-state index contributed by atoms with van der Waals surface area (Å²) in [6, 6.07) is 8.40. The van der Waals surface area contributed by atoms with Crippen LogP contribution >= 0.6 is 0 Å². The Kier molecular flexibility index (Phi) is 5.23. The van der Waals surface area contributed by atoms with Crippen molar-refractivity contribution in [3.05, 3.63) is 68.8 Å². The van der Waals surface area contributed by atoms with E-state index in [0.29, 0.717) is 11.7 Å². The molecule has 0 spiro atoms. The number of nitrogens with zero attached hydrogens (tertiary/aromatic N) is 2. The molecule has 3 nitrogen and oxygen atoms in total. The predicted octanol–water partition coefficient (Wildman–Crippen LogP) is 4.32. The average Bonchev–Trinajstić information content (AvgIpc) is 2.54. The van der Waals surface area contributed by atoms with Crippen LogP contribution in [0.5, 0.6) is 0 Å². The quantitative estimate of drug-likeness (QED) is 0.650. The number of aliphatic imine (C=N–C) groups is 2.